The summed E-state index contributed by atoms with van der Waals surface area (Å²) in [5.41, 5.74) is 3.04. The zero-order valence-electron chi connectivity index (χ0n) is 17.0. The number of fused-ring (bicyclic) bond motifs is 1. The van der Waals surface area contributed by atoms with Gasteiger partial charge in [0, 0.05) is 34.1 Å². The van der Waals surface area contributed by atoms with Crippen LogP contribution in [0.5, 0.6) is 0 Å². The first-order chi connectivity index (χ1) is 15.5. The van der Waals surface area contributed by atoms with Crippen LogP contribution in [0.4, 0.5) is 11.4 Å². The van der Waals surface area contributed by atoms with E-state index >= 15 is 0 Å². The molecule has 0 saturated carbocycles. The van der Waals surface area contributed by atoms with E-state index in [9.17, 15) is 9.59 Å². The Kier molecular flexibility index (Phi) is 6.44. The molecule has 0 aliphatic heterocycles. The topological polar surface area (TPSA) is 91.3 Å². The van der Waals surface area contributed by atoms with Crippen molar-refractivity contribution in [3.8, 4) is 11.3 Å². The molecule has 0 saturated heterocycles. The largest absolute Gasteiger partial charge is 0.396 e. The van der Waals surface area contributed by atoms with Crippen LogP contribution in [0.1, 0.15) is 16.8 Å². The zero-order chi connectivity index (χ0) is 22.5. The minimum Gasteiger partial charge on any atom is -0.396 e. The molecule has 0 fully saturated rings. The van der Waals surface area contributed by atoms with Gasteiger partial charge in [0.15, 0.2) is 0 Å². The highest BCUT2D eigenvalue weighted by atomic mass is 35.5. The number of pyridine rings is 1. The molecule has 0 unspecified atom stereocenters. The Balaban J connectivity index is 1.55. The second-order valence-corrected chi connectivity index (χ2v) is 7.54. The Bertz CT molecular complexity index is 1280. The summed E-state index contributed by atoms with van der Waals surface area (Å²) in [5.74, 6) is -0.585. The van der Waals surface area contributed by atoms with E-state index in [2.05, 4.69) is 15.6 Å². The molecule has 32 heavy (non-hydrogen) atoms. The maximum Gasteiger partial charge on any atom is 0.255 e. The number of amides is 2. The Morgan fingerprint density at radius 1 is 0.906 bits per heavy atom. The molecule has 3 aromatic carbocycles. The summed E-state index contributed by atoms with van der Waals surface area (Å²) in [6.07, 6.45) is 1.76. The number of aliphatic hydroxyl groups excluding tert-OH is 1. The van der Waals surface area contributed by atoms with E-state index in [-0.39, 0.29) is 24.8 Å². The van der Waals surface area contributed by atoms with Gasteiger partial charge in [-0.15, -0.1) is 0 Å². The highest BCUT2D eigenvalue weighted by Gasteiger charge is 2.12. The molecule has 0 radical (unpaired) electrons. The van der Waals surface area contributed by atoms with Gasteiger partial charge in [-0.3, -0.25) is 14.6 Å². The van der Waals surface area contributed by atoms with Crippen LogP contribution in [-0.2, 0) is 4.79 Å². The van der Waals surface area contributed by atoms with Gasteiger partial charge in [-0.1, -0.05) is 35.9 Å². The molecular weight excluding hydrogens is 426 g/mol. The third kappa shape index (κ3) is 4.77. The van der Waals surface area contributed by atoms with Gasteiger partial charge in [-0.2, -0.15) is 0 Å². The van der Waals surface area contributed by atoms with Crippen molar-refractivity contribution >= 4 is 45.6 Å². The van der Waals surface area contributed by atoms with Gasteiger partial charge in [0.1, 0.15) is 0 Å². The molecule has 0 bridgehead atoms. The zero-order valence-corrected chi connectivity index (χ0v) is 17.8. The van der Waals surface area contributed by atoms with Crippen LogP contribution in [0.2, 0.25) is 5.02 Å². The number of carbonyl (C=O) groups is 2. The van der Waals surface area contributed by atoms with E-state index in [1.807, 2.05) is 30.3 Å². The van der Waals surface area contributed by atoms with Gasteiger partial charge in [0.05, 0.1) is 23.7 Å². The fourth-order valence-electron chi connectivity index (χ4n) is 3.35. The Labute approximate surface area is 189 Å². The lowest BCUT2D eigenvalue weighted by Crippen LogP contribution is -2.14. The van der Waals surface area contributed by atoms with Gasteiger partial charge < -0.3 is 15.7 Å². The average Bonchev–Trinajstić information content (AvgIpc) is 2.80. The maximum atomic E-state index is 12.7. The van der Waals surface area contributed by atoms with Gasteiger partial charge in [-0.25, -0.2) is 0 Å². The minimum atomic E-state index is -0.294. The van der Waals surface area contributed by atoms with Crippen molar-refractivity contribution < 1.29 is 14.7 Å². The number of hydrogen-bond donors (Lipinski definition) is 3. The number of carbonyl (C=O) groups excluding carboxylic acids is 2. The van der Waals surface area contributed by atoms with E-state index in [4.69, 9.17) is 16.7 Å². The van der Waals surface area contributed by atoms with Gasteiger partial charge in [-0.05, 0) is 53.9 Å². The molecule has 1 heterocycles. The summed E-state index contributed by atoms with van der Waals surface area (Å²) < 4.78 is 0. The number of nitrogens with zero attached hydrogens (tertiary/aromatic N) is 1. The summed E-state index contributed by atoms with van der Waals surface area (Å²) in [6, 6.07) is 21.6. The SMILES string of the molecule is O=C(CCO)Nc1ccc(C(=O)Nc2ccc(Cl)c(-c3nccc4ccccc34)c2)cc1. The Morgan fingerprint density at radius 3 is 2.44 bits per heavy atom. The molecule has 7 heteroatoms. The van der Waals surface area contributed by atoms with E-state index in [1.54, 1.807) is 48.7 Å². The third-order valence-electron chi connectivity index (χ3n) is 4.92. The lowest BCUT2D eigenvalue weighted by molar-refractivity contribution is -0.116. The number of anilines is 2. The summed E-state index contributed by atoms with van der Waals surface area (Å²) in [6.45, 7) is -0.219. The van der Waals surface area contributed by atoms with Crippen LogP contribution in [0, 0.1) is 0 Å². The standard InChI is InChI=1S/C25H20ClN3O3/c26-22-10-9-19(15-21(22)24-20-4-2-1-3-16(20)11-13-27-24)29-25(32)17-5-7-18(8-6-17)28-23(31)12-14-30/h1-11,13,15,30H,12,14H2,(H,28,31)(H,29,32). The fourth-order valence-corrected chi connectivity index (χ4v) is 3.56. The normalized spacial score (nSPS) is 10.7. The quantitative estimate of drug-likeness (QED) is 0.383. The molecule has 0 aliphatic carbocycles. The molecule has 4 aromatic rings. The van der Waals surface area contributed by atoms with Crippen LogP contribution >= 0.6 is 11.6 Å². The third-order valence-corrected chi connectivity index (χ3v) is 5.25. The monoisotopic (exact) mass is 445 g/mol. The molecule has 6 nitrogen and oxygen atoms in total. The number of halogens is 1. The van der Waals surface area contributed by atoms with Crippen LogP contribution in [0.15, 0.2) is 79.0 Å². The highest BCUT2D eigenvalue weighted by molar-refractivity contribution is 6.33. The van der Waals surface area contributed by atoms with Crippen molar-refractivity contribution in [3.05, 3.63) is 89.6 Å². The summed E-state index contributed by atoms with van der Waals surface area (Å²) in [4.78, 5) is 28.8. The summed E-state index contributed by atoms with van der Waals surface area (Å²) >= 11 is 6.46. The molecule has 160 valence electrons. The lowest BCUT2D eigenvalue weighted by atomic mass is 10.0. The molecule has 0 atom stereocenters. The van der Waals surface area contributed by atoms with Crippen LogP contribution in [0.25, 0.3) is 22.0 Å². The second kappa shape index (κ2) is 9.60. The van der Waals surface area contributed by atoms with Crippen molar-refractivity contribution in [1.29, 1.82) is 0 Å². The van der Waals surface area contributed by atoms with Crippen molar-refractivity contribution in [2.24, 2.45) is 0 Å². The van der Waals surface area contributed by atoms with E-state index in [0.29, 0.717) is 22.0 Å². The molecule has 2 amide bonds. The molecule has 3 N–H and O–H groups in total. The predicted octanol–water partition coefficient (Wildman–Crippen LogP) is 5.13. The number of nitrogens with one attached hydrogen (secondary N) is 2. The first-order valence-corrected chi connectivity index (χ1v) is 10.4. The summed E-state index contributed by atoms with van der Waals surface area (Å²) in [7, 11) is 0. The fraction of sp³-hybridized carbons (Fsp3) is 0.0800. The molecule has 4 rings (SSSR count). The molecule has 1 aromatic heterocycles. The van der Waals surface area contributed by atoms with E-state index < -0.39 is 0 Å². The van der Waals surface area contributed by atoms with Crippen LogP contribution in [0.3, 0.4) is 0 Å². The first kappa shape index (κ1) is 21.5. The lowest BCUT2D eigenvalue weighted by Gasteiger charge is -2.11. The molecule has 0 spiro atoms. The predicted molar refractivity (Wildman–Crippen MR) is 127 cm³/mol. The van der Waals surface area contributed by atoms with Crippen LogP contribution in [-0.4, -0.2) is 28.5 Å². The highest BCUT2D eigenvalue weighted by Crippen LogP contribution is 2.33. The number of benzene rings is 3. The van der Waals surface area contributed by atoms with Crippen molar-refractivity contribution in [1.82, 2.24) is 4.98 Å². The second-order valence-electron chi connectivity index (χ2n) is 7.13. The number of hydrogen-bond acceptors (Lipinski definition) is 4. The molecule has 0 aliphatic rings. The van der Waals surface area contributed by atoms with E-state index in [0.717, 1.165) is 22.0 Å². The Morgan fingerprint density at radius 2 is 1.66 bits per heavy atom. The number of rotatable bonds is 6. The number of aliphatic hydroxyl groups is 1. The maximum absolute atomic E-state index is 12.7. The van der Waals surface area contributed by atoms with Crippen molar-refractivity contribution in [2.75, 3.05) is 17.2 Å². The number of aromatic nitrogens is 1. The average molecular weight is 446 g/mol. The van der Waals surface area contributed by atoms with Gasteiger partial charge >= 0.3 is 0 Å². The minimum absolute atomic E-state index is 0.0205. The van der Waals surface area contributed by atoms with Gasteiger partial charge in [0.2, 0.25) is 5.91 Å². The van der Waals surface area contributed by atoms with Crippen molar-refractivity contribution in [3.63, 3.8) is 0 Å². The van der Waals surface area contributed by atoms with E-state index in [1.165, 1.54) is 0 Å². The smallest absolute Gasteiger partial charge is 0.255 e. The Hall–Kier alpha value is -3.74. The van der Waals surface area contributed by atoms with Crippen molar-refractivity contribution in [2.45, 2.75) is 6.42 Å². The van der Waals surface area contributed by atoms with Crippen LogP contribution < -0.4 is 10.6 Å². The first-order valence-electron chi connectivity index (χ1n) is 10.0. The summed E-state index contributed by atoms with van der Waals surface area (Å²) in [5, 5.41) is 16.9. The van der Waals surface area contributed by atoms with Gasteiger partial charge in [0.25, 0.3) is 5.91 Å². The molecular formula is C25H20ClN3O3.